The van der Waals surface area contributed by atoms with E-state index in [1.54, 1.807) is 47.4 Å². The van der Waals surface area contributed by atoms with Crippen LogP contribution in [0.5, 0.6) is 0 Å². The number of imide groups is 1. The Morgan fingerprint density at radius 2 is 1.49 bits per heavy atom. The number of hydrogen-bond donors (Lipinski definition) is 0. The first-order valence-electron chi connectivity index (χ1n) is 11.7. The minimum Gasteiger partial charge on any atom is -0.301 e. The molecule has 6 rings (SSSR count). The molecule has 2 amide bonds. The van der Waals surface area contributed by atoms with Gasteiger partial charge < -0.3 is 4.57 Å². The van der Waals surface area contributed by atoms with Crippen LogP contribution in [-0.2, 0) is 12.3 Å². The van der Waals surface area contributed by atoms with Crippen molar-refractivity contribution in [2.45, 2.75) is 21.8 Å². The third kappa shape index (κ3) is 4.92. The standard InChI is InChI=1S/C27H21N5O2S3/c33-24-19-10-4-5-11-20(19)25(34)31(24)14-15-35-26-30-29-23(32(26)16-18-8-2-1-3-9-18)17-36-27-28-21-12-6-7-13-22(21)37-27/h1-13H,14-17H2. The minimum atomic E-state index is -0.236. The summed E-state index contributed by atoms with van der Waals surface area (Å²) in [6.07, 6.45) is 0. The largest absolute Gasteiger partial charge is 0.301 e. The summed E-state index contributed by atoms with van der Waals surface area (Å²) in [4.78, 5) is 31.4. The van der Waals surface area contributed by atoms with Gasteiger partial charge in [0.2, 0.25) is 0 Å². The van der Waals surface area contributed by atoms with E-state index >= 15 is 0 Å². The lowest BCUT2D eigenvalue weighted by atomic mass is 10.1. The quantitative estimate of drug-likeness (QED) is 0.176. The SMILES string of the molecule is O=C1c2ccccc2C(=O)N1CCSc1nnc(CSc2nc3ccccc3s2)n1Cc1ccccc1. The van der Waals surface area contributed by atoms with Crippen LogP contribution in [-0.4, -0.2) is 48.8 Å². The van der Waals surface area contributed by atoms with Gasteiger partial charge in [-0.2, -0.15) is 0 Å². The molecule has 2 aromatic heterocycles. The highest BCUT2D eigenvalue weighted by Crippen LogP contribution is 2.32. The summed E-state index contributed by atoms with van der Waals surface area (Å²) >= 11 is 4.83. The molecule has 3 aromatic carbocycles. The van der Waals surface area contributed by atoms with Gasteiger partial charge in [-0.15, -0.1) is 21.5 Å². The first kappa shape index (κ1) is 23.9. The van der Waals surface area contributed by atoms with Gasteiger partial charge in [0, 0.05) is 12.3 Å². The third-order valence-electron chi connectivity index (χ3n) is 6.00. The molecule has 0 bridgehead atoms. The number of carbonyl (C=O) groups is 2. The molecule has 37 heavy (non-hydrogen) atoms. The van der Waals surface area contributed by atoms with Gasteiger partial charge in [0.1, 0.15) is 5.82 Å². The highest BCUT2D eigenvalue weighted by atomic mass is 32.2. The molecule has 0 fully saturated rings. The zero-order valence-corrected chi connectivity index (χ0v) is 22.1. The van der Waals surface area contributed by atoms with Crippen LogP contribution in [0.25, 0.3) is 10.2 Å². The molecule has 7 nitrogen and oxygen atoms in total. The van der Waals surface area contributed by atoms with Crippen LogP contribution in [0.15, 0.2) is 88.4 Å². The molecule has 0 saturated heterocycles. The molecule has 5 aromatic rings. The molecule has 0 saturated carbocycles. The second-order valence-corrected chi connectivity index (χ2v) is 11.7. The first-order chi connectivity index (χ1) is 18.2. The summed E-state index contributed by atoms with van der Waals surface area (Å²) in [5.41, 5.74) is 3.10. The number of benzene rings is 3. The van der Waals surface area contributed by atoms with E-state index in [1.807, 2.05) is 36.4 Å². The topological polar surface area (TPSA) is 81.0 Å². The number of rotatable bonds is 9. The van der Waals surface area contributed by atoms with Gasteiger partial charge in [0.05, 0.1) is 33.6 Å². The predicted octanol–water partition coefficient (Wildman–Crippen LogP) is 5.62. The smallest absolute Gasteiger partial charge is 0.261 e. The lowest BCUT2D eigenvalue weighted by molar-refractivity contribution is 0.0664. The second kappa shape index (κ2) is 10.5. The summed E-state index contributed by atoms with van der Waals surface area (Å²) in [6.45, 7) is 0.948. The average Bonchev–Trinajstić information content (AvgIpc) is 3.59. The number of fused-ring (bicyclic) bond motifs is 2. The molecule has 0 radical (unpaired) electrons. The van der Waals surface area contributed by atoms with Gasteiger partial charge in [-0.05, 0) is 29.8 Å². The van der Waals surface area contributed by atoms with Crippen LogP contribution in [0.2, 0.25) is 0 Å². The van der Waals surface area contributed by atoms with Gasteiger partial charge in [-0.1, -0.05) is 78.1 Å². The van der Waals surface area contributed by atoms with Crippen molar-refractivity contribution in [1.29, 1.82) is 0 Å². The van der Waals surface area contributed by atoms with Gasteiger partial charge in [0.15, 0.2) is 9.50 Å². The van der Waals surface area contributed by atoms with Crippen LogP contribution in [0.1, 0.15) is 32.1 Å². The fourth-order valence-corrected chi connectivity index (χ4v) is 7.06. The van der Waals surface area contributed by atoms with Crippen LogP contribution in [0, 0.1) is 0 Å². The molecule has 1 aliphatic heterocycles. The van der Waals surface area contributed by atoms with Crippen molar-refractivity contribution in [3.63, 3.8) is 0 Å². The predicted molar refractivity (Wildman–Crippen MR) is 147 cm³/mol. The Morgan fingerprint density at radius 1 is 0.784 bits per heavy atom. The lowest BCUT2D eigenvalue weighted by Crippen LogP contribution is -2.31. The number of carbonyl (C=O) groups excluding carboxylic acids is 2. The average molecular weight is 544 g/mol. The van der Waals surface area contributed by atoms with Gasteiger partial charge in [-0.3, -0.25) is 14.5 Å². The molecular weight excluding hydrogens is 523 g/mol. The molecule has 0 spiro atoms. The molecule has 0 N–H and O–H groups in total. The number of nitrogens with zero attached hydrogens (tertiary/aromatic N) is 5. The molecule has 10 heteroatoms. The maximum absolute atomic E-state index is 12.7. The number of hydrogen-bond acceptors (Lipinski definition) is 8. The summed E-state index contributed by atoms with van der Waals surface area (Å²) in [7, 11) is 0. The van der Waals surface area contributed by atoms with Crippen molar-refractivity contribution in [1.82, 2.24) is 24.6 Å². The summed E-state index contributed by atoms with van der Waals surface area (Å²) in [6, 6.07) is 25.3. The summed E-state index contributed by atoms with van der Waals surface area (Å²) < 4.78 is 4.28. The summed E-state index contributed by atoms with van der Waals surface area (Å²) in [5.74, 6) is 1.55. The Morgan fingerprint density at radius 3 is 2.24 bits per heavy atom. The Hall–Kier alpha value is -3.47. The second-order valence-electron chi connectivity index (χ2n) is 8.36. The minimum absolute atomic E-state index is 0.236. The van der Waals surface area contributed by atoms with Crippen LogP contribution < -0.4 is 0 Å². The van der Waals surface area contributed by atoms with Crippen LogP contribution >= 0.6 is 34.9 Å². The van der Waals surface area contributed by atoms with Crippen molar-refractivity contribution in [3.8, 4) is 0 Å². The van der Waals surface area contributed by atoms with Crippen molar-refractivity contribution < 1.29 is 9.59 Å². The van der Waals surface area contributed by atoms with Crippen LogP contribution in [0.4, 0.5) is 0 Å². The van der Waals surface area contributed by atoms with E-state index in [1.165, 1.54) is 21.4 Å². The third-order valence-corrected chi connectivity index (χ3v) is 9.12. The Kier molecular flexibility index (Phi) is 6.77. The fourth-order valence-electron chi connectivity index (χ4n) is 4.17. The molecule has 0 unspecified atom stereocenters. The Labute approximate surface area is 225 Å². The maximum atomic E-state index is 12.7. The van der Waals surface area contributed by atoms with E-state index in [4.69, 9.17) is 4.98 Å². The number of aromatic nitrogens is 4. The molecule has 1 aliphatic rings. The number of amides is 2. The van der Waals surface area contributed by atoms with E-state index < -0.39 is 0 Å². The van der Waals surface area contributed by atoms with Crippen molar-refractivity contribution in [3.05, 3.63) is 101 Å². The monoisotopic (exact) mass is 543 g/mol. The highest BCUT2D eigenvalue weighted by molar-refractivity contribution is 8.00. The van der Waals surface area contributed by atoms with Crippen molar-refractivity contribution in [2.24, 2.45) is 0 Å². The number of thioether (sulfide) groups is 2. The number of thiazole rings is 1. The molecule has 0 aliphatic carbocycles. The van der Waals surface area contributed by atoms with E-state index in [2.05, 4.69) is 33.0 Å². The van der Waals surface area contributed by atoms with E-state index in [9.17, 15) is 9.59 Å². The molecule has 3 heterocycles. The maximum Gasteiger partial charge on any atom is 0.261 e. The molecule has 184 valence electrons. The van der Waals surface area contributed by atoms with E-state index in [0.29, 0.717) is 35.7 Å². The molecular formula is C27H21N5O2S3. The Bertz CT molecular complexity index is 1530. The first-order valence-corrected chi connectivity index (χ1v) is 14.5. The zero-order chi connectivity index (χ0) is 25.2. The van der Waals surface area contributed by atoms with Gasteiger partial charge in [0.25, 0.3) is 11.8 Å². The molecule has 0 atom stereocenters. The lowest BCUT2D eigenvalue weighted by Gasteiger charge is -2.14. The van der Waals surface area contributed by atoms with Gasteiger partial charge >= 0.3 is 0 Å². The number of para-hydroxylation sites is 1. The highest BCUT2D eigenvalue weighted by Gasteiger charge is 2.34. The normalized spacial score (nSPS) is 13.0. The summed E-state index contributed by atoms with van der Waals surface area (Å²) in [5, 5.41) is 9.73. The Balaban J connectivity index is 1.17. The van der Waals surface area contributed by atoms with E-state index in [0.717, 1.165) is 26.4 Å². The van der Waals surface area contributed by atoms with Crippen molar-refractivity contribution in [2.75, 3.05) is 12.3 Å². The fraction of sp³-hybridized carbons (Fsp3) is 0.148. The zero-order valence-electron chi connectivity index (χ0n) is 19.6. The van der Waals surface area contributed by atoms with Crippen molar-refractivity contribution >= 4 is 56.9 Å². The van der Waals surface area contributed by atoms with E-state index in [-0.39, 0.29) is 11.8 Å². The van der Waals surface area contributed by atoms with Crippen LogP contribution in [0.3, 0.4) is 0 Å². The van der Waals surface area contributed by atoms with Gasteiger partial charge in [-0.25, -0.2) is 4.98 Å².